The minimum absolute atomic E-state index is 0.0813. The first kappa shape index (κ1) is 26.0. The Morgan fingerprint density at radius 2 is 1.92 bits per heavy atom. The molecule has 38 heavy (non-hydrogen) atoms. The van der Waals surface area contributed by atoms with Crippen molar-refractivity contribution in [1.29, 1.82) is 5.26 Å². The zero-order valence-electron chi connectivity index (χ0n) is 22.6. The number of methoxy groups -OCH3 is 1. The van der Waals surface area contributed by atoms with Crippen molar-refractivity contribution in [3.8, 4) is 11.8 Å². The maximum absolute atomic E-state index is 13.2. The van der Waals surface area contributed by atoms with Gasteiger partial charge in [0.2, 0.25) is 5.91 Å². The number of nitrogens with zero attached hydrogens (tertiary/aromatic N) is 4. The Bertz CT molecular complexity index is 1390. The number of likely N-dealkylation sites (tertiary alicyclic amines) is 1. The molecule has 1 aliphatic carbocycles. The molecular formula is C31H36N4O3. The highest BCUT2D eigenvalue weighted by Crippen LogP contribution is 2.40. The third kappa shape index (κ3) is 4.92. The number of hydrogen-bond acceptors (Lipinski definition) is 5. The summed E-state index contributed by atoms with van der Waals surface area (Å²) in [4.78, 5) is 33.1. The van der Waals surface area contributed by atoms with Crippen molar-refractivity contribution in [2.24, 2.45) is 18.9 Å². The summed E-state index contributed by atoms with van der Waals surface area (Å²) in [7, 11) is 3.62. The van der Waals surface area contributed by atoms with Crippen LogP contribution in [0, 0.1) is 23.2 Å². The average molecular weight is 513 g/mol. The quantitative estimate of drug-likeness (QED) is 0.395. The Labute approximate surface area is 224 Å². The zero-order valence-corrected chi connectivity index (χ0v) is 22.6. The van der Waals surface area contributed by atoms with Crippen molar-refractivity contribution in [2.75, 3.05) is 20.2 Å². The smallest absolute Gasteiger partial charge is 0.225 e. The van der Waals surface area contributed by atoms with E-state index in [4.69, 9.17) is 9.72 Å². The lowest BCUT2D eigenvalue weighted by Gasteiger charge is -2.35. The Morgan fingerprint density at radius 1 is 1.18 bits per heavy atom. The number of amides is 1. The first-order valence-corrected chi connectivity index (χ1v) is 13.7. The molecule has 3 aromatic rings. The van der Waals surface area contributed by atoms with E-state index in [-0.39, 0.29) is 18.1 Å². The van der Waals surface area contributed by atoms with Gasteiger partial charge < -0.3 is 14.2 Å². The largest absolute Gasteiger partial charge is 0.496 e. The van der Waals surface area contributed by atoms with Gasteiger partial charge in [-0.1, -0.05) is 31.9 Å². The third-order valence-electron chi connectivity index (χ3n) is 8.65. The number of piperidine rings is 1. The van der Waals surface area contributed by atoms with Crippen molar-refractivity contribution >= 4 is 22.7 Å². The minimum atomic E-state index is -0.0813. The minimum Gasteiger partial charge on any atom is -0.496 e. The van der Waals surface area contributed by atoms with E-state index < -0.39 is 0 Å². The van der Waals surface area contributed by atoms with Crippen LogP contribution in [-0.4, -0.2) is 46.3 Å². The number of hydrogen-bond donors (Lipinski definition) is 0. The number of ether oxygens (including phenoxy) is 1. The van der Waals surface area contributed by atoms with E-state index in [1.807, 2.05) is 11.6 Å². The van der Waals surface area contributed by atoms with Gasteiger partial charge in [-0.3, -0.25) is 9.59 Å². The van der Waals surface area contributed by atoms with Crippen LogP contribution < -0.4 is 4.74 Å². The number of pyridine rings is 1. The lowest BCUT2D eigenvalue weighted by Crippen LogP contribution is -2.42. The average Bonchev–Trinajstić information content (AvgIpc) is 3.61. The number of Topliss-reactive ketones (excluding diaryl/α,β-unsaturated/α-hetero) is 1. The standard InChI is InChI=1S/C31H36N4O3/c1-20(22-8-4-5-9-22)31(37)35-13-11-23(12-14-35)26-19-34(2)30-28(26)29(38-3)25(18-33-30)16-27(36)24-10-6-7-21(15-24)17-32/h6-7,10,15,18-20,22-23H,4-5,8-9,11-14,16H2,1-3H3/t20-/m1/s1. The van der Waals surface area contributed by atoms with Crippen LogP contribution in [0.25, 0.3) is 11.0 Å². The van der Waals surface area contributed by atoms with Crippen LogP contribution in [0.15, 0.2) is 36.7 Å². The number of carbonyl (C=O) groups excluding carboxylic acids is 2. The molecule has 0 spiro atoms. The number of benzene rings is 1. The summed E-state index contributed by atoms with van der Waals surface area (Å²) in [6.45, 7) is 3.64. The summed E-state index contributed by atoms with van der Waals surface area (Å²) in [6, 6.07) is 8.87. The number of carbonyl (C=O) groups is 2. The summed E-state index contributed by atoms with van der Waals surface area (Å²) in [5.41, 5.74) is 3.70. The summed E-state index contributed by atoms with van der Waals surface area (Å²) in [5, 5.41) is 10.2. The van der Waals surface area contributed by atoms with E-state index in [0.29, 0.717) is 34.6 Å². The molecule has 0 radical (unpaired) electrons. The molecule has 0 bridgehead atoms. The summed E-state index contributed by atoms with van der Waals surface area (Å²) in [5.74, 6) is 1.86. The van der Waals surface area contributed by atoms with Crippen LogP contribution in [0.4, 0.5) is 0 Å². The van der Waals surface area contributed by atoms with Crippen LogP contribution >= 0.6 is 0 Å². The molecule has 3 heterocycles. The second kappa shape index (κ2) is 11.0. The number of ketones is 1. The van der Waals surface area contributed by atoms with Crippen molar-refractivity contribution in [1.82, 2.24) is 14.5 Å². The normalized spacial score (nSPS) is 17.5. The van der Waals surface area contributed by atoms with Gasteiger partial charge in [0.15, 0.2) is 5.78 Å². The number of rotatable bonds is 7. The third-order valence-corrected chi connectivity index (χ3v) is 8.65. The maximum Gasteiger partial charge on any atom is 0.225 e. The Hall–Kier alpha value is -3.66. The highest BCUT2D eigenvalue weighted by Gasteiger charge is 2.33. The monoisotopic (exact) mass is 512 g/mol. The van der Waals surface area contributed by atoms with Gasteiger partial charge in [0, 0.05) is 56.0 Å². The number of aryl methyl sites for hydroxylation is 1. The van der Waals surface area contributed by atoms with Gasteiger partial charge in [-0.25, -0.2) is 4.98 Å². The fourth-order valence-corrected chi connectivity index (χ4v) is 6.45. The summed E-state index contributed by atoms with van der Waals surface area (Å²) >= 11 is 0. The Kier molecular flexibility index (Phi) is 7.51. The topological polar surface area (TPSA) is 88.2 Å². The lowest BCUT2D eigenvalue weighted by molar-refractivity contribution is -0.137. The lowest BCUT2D eigenvalue weighted by atomic mass is 9.86. The molecule has 1 aromatic carbocycles. The molecule has 2 aliphatic rings. The molecule has 1 amide bonds. The predicted molar refractivity (Wildman–Crippen MR) is 146 cm³/mol. The van der Waals surface area contributed by atoms with E-state index in [2.05, 4.69) is 24.1 Å². The molecule has 0 unspecified atom stereocenters. The Balaban J connectivity index is 1.37. The van der Waals surface area contributed by atoms with Gasteiger partial charge in [0.05, 0.1) is 24.1 Å². The van der Waals surface area contributed by atoms with Crippen LogP contribution in [0.1, 0.15) is 78.4 Å². The van der Waals surface area contributed by atoms with Crippen molar-refractivity contribution < 1.29 is 14.3 Å². The van der Waals surface area contributed by atoms with E-state index in [1.54, 1.807) is 37.6 Å². The fraction of sp³-hybridized carbons (Fsp3) is 0.484. The number of aromatic nitrogens is 2. The molecule has 1 saturated carbocycles. The number of fused-ring (bicyclic) bond motifs is 1. The summed E-state index contributed by atoms with van der Waals surface area (Å²) < 4.78 is 7.93. The predicted octanol–water partition coefficient (Wildman–Crippen LogP) is 5.41. The van der Waals surface area contributed by atoms with Crippen LogP contribution in [0.3, 0.4) is 0 Å². The second-order valence-corrected chi connectivity index (χ2v) is 10.9. The van der Waals surface area contributed by atoms with E-state index in [1.165, 1.54) is 31.2 Å². The highest BCUT2D eigenvalue weighted by atomic mass is 16.5. The van der Waals surface area contributed by atoms with E-state index in [0.717, 1.165) is 42.5 Å². The molecular weight excluding hydrogens is 476 g/mol. The fourth-order valence-electron chi connectivity index (χ4n) is 6.45. The van der Waals surface area contributed by atoms with Crippen molar-refractivity contribution in [3.05, 3.63) is 58.9 Å². The van der Waals surface area contributed by atoms with Crippen molar-refractivity contribution in [3.63, 3.8) is 0 Å². The zero-order chi connectivity index (χ0) is 26.8. The van der Waals surface area contributed by atoms with Crippen LogP contribution in [-0.2, 0) is 18.3 Å². The van der Waals surface area contributed by atoms with Gasteiger partial charge in [0.25, 0.3) is 0 Å². The number of nitriles is 1. The van der Waals surface area contributed by atoms with Gasteiger partial charge in [-0.05, 0) is 55.2 Å². The van der Waals surface area contributed by atoms with Crippen LogP contribution in [0.5, 0.6) is 5.75 Å². The first-order valence-electron chi connectivity index (χ1n) is 13.7. The molecule has 7 heteroatoms. The van der Waals surface area contributed by atoms with Gasteiger partial charge in [0.1, 0.15) is 11.4 Å². The summed E-state index contributed by atoms with van der Waals surface area (Å²) in [6.07, 6.45) is 10.7. The Morgan fingerprint density at radius 3 is 2.61 bits per heavy atom. The molecule has 1 aliphatic heterocycles. The van der Waals surface area contributed by atoms with E-state index in [9.17, 15) is 14.9 Å². The molecule has 1 saturated heterocycles. The van der Waals surface area contributed by atoms with Crippen molar-refractivity contribution in [2.45, 2.75) is 57.8 Å². The van der Waals surface area contributed by atoms with Gasteiger partial charge in [-0.15, -0.1) is 0 Å². The maximum atomic E-state index is 13.2. The molecule has 0 N–H and O–H groups in total. The van der Waals surface area contributed by atoms with Crippen LogP contribution in [0.2, 0.25) is 0 Å². The molecule has 2 fully saturated rings. The molecule has 198 valence electrons. The second-order valence-electron chi connectivity index (χ2n) is 10.9. The molecule has 1 atom stereocenters. The van der Waals surface area contributed by atoms with E-state index >= 15 is 0 Å². The molecule has 5 rings (SSSR count). The SMILES string of the molecule is COc1c(CC(=O)c2cccc(C#N)c2)cnc2c1c(C1CCN(C(=O)[C@H](C)C3CCCC3)CC1)cn2C. The van der Waals surface area contributed by atoms with Gasteiger partial charge >= 0.3 is 0 Å². The molecule has 2 aromatic heterocycles. The molecule has 7 nitrogen and oxygen atoms in total. The van der Waals surface area contributed by atoms with Gasteiger partial charge in [-0.2, -0.15) is 5.26 Å². The first-order chi connectivity index (χ1) is 18.4. The highest BCUT2D eigenvalue weighted by molar-refractivity contribution is 5.99.